The van der Waals surface area contributed by atoms with Crippen molar-refractivity contribution in [1.29, 1.82) is 0 Å². The number of ether oxygens (including phenoxy) is 1. The fraction of sp³-hybridized carbons (Fsp3) is 0.467. The zero-order valence-corrected chi connectivity index (χ0v) is 11.2. The molecule has 0 N–H and O–H groups in total. The second-order valence-electron chi connectivity index (χ2n) is 4.81. The summed E-state index contributed by atoms with van der Waals surface area (Å²) >= 11 is 0. The molecule has 0 radical (unpaired) electrons. The molecule has 102 valence electrons. The predicted octanol–water partition coefficient (Wildman–Crippen LogP) is 2.13. The zero-order chi connectivity index (χ0) is 13.7. The minimum atomic E-state index is -0.209. The first-order chi connectivity index (χ1) is 9.20. The van der Waals surface area contributed by atoms with Crippen molar-refractivity contribution in [3.63, 3.8) is 0 Å². The molecule has 1 fully saturated rings. The standard InChI is InChI=1S/C15H19NO3/c1-19-15(18)10-8-13-7-9-14(17)16(13)11-12-5-3-2-4-6-12/h2-6,13H,7-11H2,1H3. The molecule has 19 heavy (non-hydrogen) atoms. The van der Waals surface area contributed by atoms with E-state index < -0.39 is 0 Å². The average Bonchev–Trinajstić information content (AvgIpc) is 2.78. The molecule has 4 heteroatoms. The number of amides is 1. The number of esters is 1. The number of carbonyl (C=O) groups excluding carboxylic acids is 2. The van der Waals surface area contributed by atoms with E-state index in [1.54, 1.807) is 0 Å². The average molecular weight is 261 g/mol. The van der Waals surface area contributed by atoms with Gasteiger partial charge in [-0.3, -0.25) is 9.59 Å². The number of hydrogen-bond acceptors (Lipinski definition) is 3. The summed E-state index contributed by atoms with van der Waals surface area (Å²) in [6.07, 6.45) is 2.48. The van der Waals surface area contributed by atoms with Gasteiger partial charge in [-0.2, -0.15) is 0 Å². The highest BCUT2D eigenvalue weighted by Crippen LogP contribution is 2.24. The van der Waals surface area contributed by atoms with Crippen LogP contribution in [-0.4, -0.2) is 29.9 Å². The lowest BCUT2D eigenvalue weighted by Gasteiger charge is -2.24. The molecule has 1 aliphatic rings. The van der Waals surface area contributed by atoms with Crippen LogP contribution in [0.4, 0.5) is 0 Å². The largest absolute Gasteiger partial charge is 0.469 e. The Morgan fingerprint density at radius 2 is 2.11 bits per heavy atom. The van der Waals surface area contributed by atoms with Gasteiger partial charge in [0.1, 0.15) is 0 Å². The number of nitrogens with zero attached hydrogens (tertiary/aromatic N) is 1. The zero-order valence-electron chi connectivity index (χ0n) is 11.2. The summed E-state index contributed by atoms with van der Waals surface area (Å²) in [5, 5.41) is 0. The number of hydrogen-bond donors (Lipinski definition) is 0. The Labute approximate surface area is 113 Å². The Morgan fingerprint density at radius 1 is 1.37 bits per heavy atom. The molecule has 1 unspecified atom stereocenters. The molecule has 0 bridgehead atoms. The van der Waals surface area contributed by atoms with Crippen LogP contribution in [-0.2, 0) is 20.9 Å². The molecule has 0 spiro atoms. The second-order valence-corrected chi connectivity index (χ2v) is 4.81. The minimum absolute atomic E-state index is 0.159. The molecule has 1 aromatic rings. The van der Waals surface area contributed by atoms with Gasteiger partial charge in [-0.1, -0.05) is 30.3 Å². The van der Waals surface area contributed by atoms with Gasteiger partial charge in [0, 0.05) is 25.4 Å². The maximum absolute atomic E-state index is 11.9. The number of benzene rings is 1. The molecule has 0 saturated carbocycles. The third kappa shape index (κ3) is 3.56. The van der Waals surface area contributed by atoms with Crippen molar-refractivity contribution in [2.75, 3.05) is 7.11 Å². The first kappa shape index (κ1) is 13.6. The van der Waals surface area contributed by atoms with E-state index in [2.05, 4.69) is 4.74 Å². The van der Waals surface area contributed by atoms with E-state index in [0.29, 0.717) is 25.8 Å². The van der Waals surface area contributed by atoms with Crippen LogP contribution >= 0.6 is 0 Å². The van der Waals surface area contributed by atoms with E-state index in [1.165, 1.54) is 7.11 Å². The van der Waals surface area contributed by atoms with Gasteiger partial charge in [-0.05, 0) is 18.4 Å². The maximum Gasteiger partial charge on any atom is 0.305 e. The third-order valence-corrected chi connectivity index (χ3v) is 3.56. The van der Waals surface area contributed by atoms with E-state index in [1.807, 2.05) is 35.2 Å². The highest BCUT2D eigenvalue weighted by molar-refractivity contribution is 5.79. The lowest BCUT2D eigenvalue weighted by molar-refractivity contribution is -0.141. The number of methoxy groups -OCH3 is 1. The SMILES string of the molecule is COC(=O)CCC1CCC(=O)N1Cc1ccccc1. The molecule has 1 atom stereocenters. The highest BCUT2D eigenvalue weighted by atomic mass is 16.5. The van der Waals surface area contributed by atoms with Crippen LogP contribution in [0.25, 0.3) is 0 Å². The van der Waals surface area contributed by atoms with E-state index in [9.17, 15) is 9.59 Å². The first-order valence-corrected chi connectivity index (χ1v) is 6.61. The van der Waals surface area contributed by atoms with Crippen LogP contribution in [0.3, 0.4) is 0 Å². The third-order valence-electron chi connectivity index (χ3n) is 3.56. The Kier molecular flexibility index (Phi) is 4.55. The Morgan fingerprint density at radius 3 is 2.79 bits per heavy atom. The van der Waals surface area contributed by atoms with E-state index in [4.69, 9.17) is 0 Å². The quantitative estimate of drug-likeness (QED) is 0.763. The highest BCUT2D eigenvalue weighted by Gasteiger charge is 2.30. The number of carbonyl (C=O) groups is 2. The Balaban J connectivity index is 1.96. The lowest BCUT2D eigenvalue weighted by atomic mass is 10.1. The fourth-order valence-corrected chi connectivity index (χ4v) is 2.48. The Bertz CT molecular complexity index is 444. The van der Waals surface area contributed by atoms with Gasteiger partial charge >= 0.3 is 5.97 Å². The molecule has 0 aliphatic carbocycles. The minimum Gasteiger partial charge on any atom is -0.469 e. The summed E-state index contributed by atoms with van der Waals surface area (Å²) < 4.78 is 4.65. The van der Waals surface area contributed by atoms with Crippen molar-refractivity contribution in [2.45, 2.75) is 38.3 Å². The maximum atomic E-state index is 11.9. The smallest absolute Gasteiger partial charge is 0.305 e. The Hall–Kier alpha value is -1.84. The van der Waals surface area contributed by atoms with Crippen LogP contribution in [0.5, 0.6) is 0 Å². The monoisotopic (exact) mass is 261 g/mol. The summed E-state index contributed by atoms with van der Waals surface area (Å²) in [5.41, 5.74) is 1.13. The summed E-state index contributed by atoms with van der Waals surface area (Å²) in [6.45, 7) is 0.630. The lowest BCUT2D eigenvalue weighted by Crippen LogP contribution is -2.32. The molecule has 0 aromatic heterocycles. The van der Waals surface area contributed by atoms with Crippen LogP contribution in [0.2, 0.25) is 0 Å². The van der Waals surface area contributed by atoms with E-state index >= 15 is 0 Å². The molecule has 2 rings (SSSR count). The van der Waals surface area contributed by atoms with Crippen molar-refractivity contribution >= 4 is 11.9 Å². The summed E-state index contributed by atoms with van der Waals surface area (Å²) in [7, 11) is 1.39. The van der Waals surface area contributed by atoms with Gasteiger partial charge in [0.15, 0.2) is 0 Å². The van der Waals surface area contributed by atoms with Gasteiger partial charge in [0.2, 0.25) is 5.91 Å². The van der Waals surface area contributed by atoms with Crippen molar-refractivity contribution in [1.82, 2.24) is 4.90 Å². The van der Waals surface area contributed by atoms with Crippen molar-refractivity contribution in [3.05, 3.63) is 35.9 Å². The van der Waals surface area contributed by atoms with Crippen LogP contribution in [0, 0.1) is 0 Å². The predicted molar refractivity (Wildman–Crippen MR) is 71.3 cm³/mol. The van der Waals surface area contributed by atoms with Crippen LogP contribution in [0.15, 0.2) is 30.3 Å². The second kappa shape index (κ2) is 6.36. The molecule has 4 nitrogen and oxygen atoms in total. The molecule has 1 amide bonds. The van der Waals surface area contributed by atoms with E-state index in [0.717, 1.165) is 12.0 Å². The van der Waals surface area contributed by atoms with Crippen LogP contribution < -0.4 is 0 Å². The number of rotatable bonds is 5. The van der Waals surface area contributed by atoms with E-state index in [-0.39, 0.29) is 17.9 Å². The van der Waals surface area contributed by atoms with Crippen LogP contribution in [0.1, 0.15) is 31.2 Å². The van der Waals surface area contributed by atoms with Gasteiger partial charge in [0.25, 0.3) is 0 Å². The molecular weight excluding hydrogens is 242 g/mol. The molecule has 1 heterocycles. The first-order valence-electron chi connectivity index (χ1n) is 6.61. The normalized spacial score (nSPS) is 18.7. The molecule has 1 saturated heterocycles. The van der Waals surface area contributed by atoms with Crippen molar-refractivity contribution in [2.24, 2.45) is 0 Å². The number of likely N-dealkylation sites (tertiary alicyclic amines) is 1. The van der Waals surface area contributed by atoms with Crippen molar-refractivity contribution in [3.8, 4) is 0 Å². The topological polar surface area (TPSA) is 46.6 Å². The molecule has 1 aliphatic heterocycles. The summed E-state index contributed by atoms with van der Waals surface area (Å²) in [5.74, 6) is -0.0299. The van der Waals surface area contributed by atoms with Gasteiger partial charge < -0.3 is 9.64 Å². The molecular formula is C15H19NO3. The molecule has 1 aromatic carbocycles. The summed E-state index contributed by atoms with van der Waals surface area (Å²) in [4.78, 5) is 25.0. The van der Waals surface area contributed by atoms with Crippen molar-refractivity contribution < 1.29 is 14.3 Å². The summed E-state index contributed by atoms with van der Waals surface area (Å²) in [6, 6.07) is 10.1. The van der Waals surface area contributed by atoms with Gasteiger partial charge in [-0.25, -0.2) is 0 Å². The van der Waals surface area contributed by atoms with Gasteiger partial charge in [0.05, 0.1) is 7.11 Å². The van der Waals surface area contributed by atoms with Gasteiger partial charge in [-0.15, -0.1) is 0 Å². The fourth-order valence-electron chi connectivity index (χ4n) is 2.48.